The first-order valence-electron chi connectivity index (χ1n) is 14.1. The molecule has 3 aromatic rings. The number of carbonyl (C=O) groups is 1. The van der Waals surface area contributed by atoms with Crippen LogP contribution in [-0.2, 0) is 32.0 Å². The van der Waals surface area contributed by atoms with Gasteiger partial charge in [0.25, 0.3) is 0 Å². The van der Waals surface area contributed by atoms with Crippen LogP contribution in [0.3, 0.4) is 0 Å². The lowest BCUT2D eigenvalue weighted by molar-refractivity contribution is -0.118. The van der Waals surface area contributed by atoms with Crippen LogP contribution in [0.25, 0.3) is 0 Å². The van der Waals surface area contributed by atoms with Gasteiger partial charge in [-0.2, -0.15) is 15.0 Å². The van der Waals surface area contributed by atoms with Gasteiger partial charge in [0.15, 0.2) is 0 Å². The molecule has 1 fully saturated rings. The predicted octanol–water partition coefficient (Wildman–Crippen LogP) is 4.40. The van der Waals surface area contributed by atoms with E-state index in [0.29, 0.717) is 70.3 Å². The third-order valence-electron chi connectivity index (χ3n) is 6.29. The number of nitrogens with zero attached hydrogens (tertiary/aromatic N) is 4. The third kappa shape index (κ3) is 10.2. The maximum Gasteiger partial charge on any atom is 0.233 e. The van der Waals surface area contributed by atoms with Crippen LogP contribution >= 0.6 is 0 Å². The first kappa shape index (κ1) is 29.4. The van der Waals surface area contributed by atoms with Crippen LogP contribution in [0.2, 0.25) is 0 Å². The Morgan fingerprint density at radius 2 is 1.60 bits per heavy atom. The topological polar surface area (TPSA) is 111 Å². The Hall–Kier alpha value is -3.60. The van der Waals surface area contributed by atoms with Gasteiger partial charge in [0.2, 0.25) is 17.8 Å². The van der Waals surface area contributed by atoms with E-state index in [1.54, 1.807) is 0 Å². The molecule has 0 amide bonds. The van der Waals surface area contributed by atoms with Gasteiger partial charge in [-0.05, 0) is 36.1 Å². The third-order valence-corrected chi connectivity index (χ3v) is 6.29. The standard InChI is InChI=1S/C30H40N6O4/c1-2-16-38-20-21-39-17-6-9-27(37)22-24-10-12-26(13-11-24)32-29-33-28(31-23-25-7-4-3-5-8-25)34-30(35-29)36-14-18-40-19-15-36/h3-5,7-8,10-13H,2,6,9,14-23H2,1H3,(H2,31,32,33,34,35). The monoisotopic (exact) mass is 548 g/mol. The number of hydrogen-bond acceptors (Lipinski definition) is 10. The first-order valence-corrected chi connectivity index (χ1v) is 14.1. The van der Waals surface area contributed by atoms with Crippen molar-refractivity contribution in [2.45, 2.75) is 39.2 Å². The minimum atomic E-state index is 0.202. The molecule has 40 heavy (non-hydrogen) atoms. The number of hydrogen-bond donors (Lipinski definition) is 2. The average Bonchev–Trinajstić information content (AvgIpc) is 2.99. The summed E-state index contributed by atoms with van der Waals surface area (Å²) in [6.07, 6.45) is 2.63. The molecule has 2 heterocycles. The Morgan fingerprint density at radius 1 is 0.875 bits per heavy atom. The molecule has 0 atom stereocenters. The molecule has 0 aliphatic carbocycles. The van der Waals surface area contributed by atoms with Crippen molar-refractivity contribution >= 4 is 29.3 Å². The molecule has 1 aliphatic heterocycles. The molecular weight excluding hydrogens is 508 g/mol. The lowest BCUT2D eigenvalue weighted by Crippen LogP contribution is -2.37. The Kier molecular flexibility index (Phi) is 12.1. The van der Waals surface area contributed by atoms with Crippen molar-refractivity contribution in [1.82, 2.24) is 15.0 Å². The van der Waals surface area contributed by atoms with E-state index in [0.717, 1.165) is 49.4 Å². The molecular formula is C30H40N6O4. The van der Waals surface area contributed by atoms with Crippen LogP contribution in [0, 0.1) is 0 Å². The van der Waals surface area contributed by atoms with Crippen molar-refractivity contribution in [2.24, 2.45) is 0 Å². The summed E-state index contributed by atoms with van der Waals surface area (Å²) in [4.78, 5) is 28.4. The minimum absolute atomic E-state index is 0.202. The Morgan fingerprint density at radius 3 is 2.35 bits per heavy atom. The highest BCUT2D eigenvalue weighted by atomic mass is 16.5. The zero-order chi connectivity index (χ0) is 27.8. The molecule has 1 saturated heterocycles. The van der Waals surface area contributed by atoms with E-state index >= 15 is 0 Å². The second kappa shape index (κ2) is 16.5. The van der Waals surface area contributed by atoms with Gasteiger partial charge in [0.05, 0.1) is 26.4 Å². The summed E-state index contributed by atoms with van der Waals surface area (Å²) in [6, 6.07) is 17.9. The van der Waals surface area contributed by atoms with Crippen LogP contribution in [0.5, 0.6) is 0 Å². The lowest BCUT2D eigenvalue weighted by atomic mass is 10.1. The average molecular weight is 549 g/mol. The molecule has 214 valence electrons. The van der Waals surface area contributed by atoms with Crippen molar-refractivity contribution in [3.8, 4) is 0 Å². The fraction of sp³-hybridized carbons (Fsp3) is 0.467. The van der Waals surface area contributed by atoms with Gasteiger partial charge >= 0.3 is 0 Å². The van der Waals surface area contributed by atoms with Gasteiger partial charge in [0, 0.05) is 51.4 Å². The van der Waals surface area contributed by atoms with Crippen molar-refractivity contribution in [3.63, 3.8) is 0 Å². The van der Waals surface area contributed by atoms with Crippen LogP contribution in [0.15, 0.2) is 54.6 Å². The summed E-state index contributed by atoms with van der Waals surface area (Å²) < 4.78 is 16.4. The minimum Gasteiger partial charge on any atom is -0.379 e. The number of anilines is 4. The highest BCUT2D eigenvalue weighted by molar-refractivity contribution is 5.81. The Labute approximate surface area is 236 Å². The van der Waals surface area contributed by atoms with Crippen LogP contribution < -0.4 is 15.5 Å². The van der Waals surface area contributed by atoms with E-state index in [1.165, 1.54) is 0 Å². The Balaban J connectivity index is 1.30. The van der Waals surface area contributed by atoms with E-state index in [-0.39, 0.29) is 5.78 Å². The number of benzene rings is 2. The number of aromatic nitrogens is 3. The molecule has 0 bridgehead atoms. The molecule has 2 N–H and O–H groups in total. The van der Waals surface area contributed by atoms with Gasteiger partial charge in [-0.15, -0.1) is 0 Å². The molecule has 10 heteroatoms. The summed E-state index contributed by atoms with van der Waals surface area (Å²) >= 11 is 0. The molecule has 2 aromatic carbocycles. The van der Waals surface area contributed by atoms with E-state index < -0.39 is 0 Å². The summed E-state index contributed by atoms with van der Waals surface area (Å²) in [5, 5.41) is 6.62. The largest absolute Gasteiger partial charge is 0.379 e. The molecule has 0 saturated carbocycles. The molecule has 0 spiro atoms. The zero-order valence-corrected chi connectivity index (χ0v) is 23.3. The number of ketones is 1. The second-order valence-corrected chi connectivity index (χ2v) is 9.59. The Bertz CT molecular complexity index is 1160. The van der Waals surface area contributed by atoms with Crippen LogP contribution in [0.4, 0.5) is 23.5 Å². The number of nitrogens with one attached hydrogen (secondary N) is 2. The van der Waals surface area contributed by atoms with E-state index in [1.807, 2.05) is 42.5 Å². The summed E-state index contributed by atoms with van der Waals surface area (Å²) in [5.74, 6) is 1.77. The quantitative estimate of drug-likeness (QED) is 0.236. The highest BCUT2D eigenvalue weighted by Gasteiger charge is 2.17. The van der Waals surface area contributed by atoms with Crippen molar-refractivity contribution in [3.05, 3.63) is 65.7 Å². The first-order chi connectivity index (χ1) is 19.7. The van der Waals surface area contributed by atoms with E-state index in [2.05, 4.69) is 49.5 Å². The number of morpholine rings is 1. The zero-order valence-electron chi connectivity index (χ0n) is 23.3. The molecule has 10 nitrogen and oxygen atoms in total. The molecule has 4 rings (SSSR count). The van der Waals surface area contributed by atoms with Gasteiger partial charge in [-0.3, -0.25) is 4.79 Å². The maximum absolute atomic E-state index is 12.4. The molecule has 0 radical (unpaired) electrons. The lowest BCUT2D eigenvalue weighted by Gasteiger charge is -2.27. The highest BCUT2D eigenvalue weighted by Crippen LogP contribution is 2.20. The van der Waals surface area contributed by atoms with E-state index in [9.17, 15) is 4.79 Å². The number of ether oxygens (including phenoxy) is 3. The normalized spacial score (nSPS) is 13.3. The SMILES string of the molecule is CCCOCCOCCCC(=O)Cc1ccc(Nc2nc(NCc3ccccc3)nc(N3CCOCC3)n2)cc1. The van der Waals surface area contributed by atoms with Gasteiger partial charge in [-0.1, -0.05) is 49.4 Å². The van der Waals surface area contributed by atoms with E-state index in [4.69, 9.17) is 14.2 Å². The fourth-order valence-corrected chi connectivity index (χ4v) is 4.17. The number of carbonyl (C=O) groups excluding carboxylic acids is 1. The second-order valence-electron chi connectivity index (χ2n) is 9.59. The van der Waals surface area contributed by atoms with Gasteiger partial charge in [-0.25, -0.2) is 0 Å². The predicted molar refractivity (Wildman–Crippen MR) is 156 cm³/mol. The van der Waals surface area contributed by atoms with Crippen molar-refractivity contribution in [2.75, 3.05) is 68.3 Å². The molecule has 1 aliphatic rings. The molecule has 1 aromatic heterocycles. The summed E-state index contributed by atoms with van der Waals surface area (Å²) in [6.45, 7) is 7.93. The fourth-order valence-electron chi connectivity index (χ4n) is 4.17. The van der Waals surface area contributed by atoms with Gasteiger partial charge in [0.1, 0.15) is 5.78 Å². The van der Waals surface area contributed by atoms with Crippen molar-refractivity contribution in [1.29, 1.82) is 0 Å². The molecule has 0 unspecified atom stereocenters. The van der Waals surface area contributed by atoms with Crippen molar-refractivity contribution < 1.29 is 19.0 Å². The summed E-state index contributed by atoms with van der Waals surface area (Å²) in [7, 11) is 0. The summed E-state index contributed by atoms with van der Waals surface area (Å²) in [5.41, 5.74) is 2.95. The van der Waals surface area contributed by atoms with Crippen LogP contribution in [-0.4, -0.2) is 73.5 Å². The van der Waals surface area contributed by atoms with Crippen LogP contribution in [0.1, 0.15) is 37.3 Å². The number of rotatable bonds is 17. The maximum atomic E-state index is 12.4. The number of Topliss-reactive ketones (excluding diaryl/α,β-unsaturated/α-hetero) is 1. The van der Waals surface area contributed by atoms with Gasteiger partial charge < -0.3 is 29.7 Å². The smallest absolute Gasteiger partial charge is 0.233 e.